The quantitative estimate of drug-likeness (QED) is 0.135. The van der Waals surface area contributed by atoms with Crippen molar-refractivity contribution >= 4 is 21.8 Å². The van der Waals surface area contributed by atoms with Crippen molar-refractivity contribution in [1.29, 1.82) is 31.6 Å². The lowest BCUT2D eigenvalue weighted by Gasteiger charge is -2.24. The molecule has 0 aliphatic rings. The van der Waals surface area contributed by atoms with Gasteiger partial charge in [-0.15, -0.1) is 0 Å². The zero-order chi connectivity index (χ0) is 56.7. The number of fused-ring (bicyclic) bond motifs is 3. The maximum Gasteiger partial charge on any atom is 0.417 e. The van der Waals surface area contributed by atoms with Gasteiger partial charge < -0.3 is 4.57 Å². The second-order valence-electron chi connectivity index (χ2n) is 18.6. The molecule has 0 N–H and O–H groups in total. The maximum atomic E-state index is 15.7. The van der Waals surface area contributed by atoms with Crippen LogP contribution in [0.4, 0.5) is 26.3 Å². The fraction of sp³-hybridized carbons (Fsp3) is 0.0303. The Morgan fingerprint density at radius 2 is 0.716 bits per heavy atom. The van der Waals surface area contributed by atoms with Crippen molar-refractivity contribution in [3.8, 4) is 121 Å². The van der Waals surface area contributed by atoms with E-state index in [9.17, 15) is 31.6 Å². The molecule has 2 aromatic heterocycles. The van der Waals surface area contributed by atoms with Crippen LogP contribution >= 0.6 is 0 Å². The van der Waals surface area contributed by atoms with E-state index in [-0.39, 0.29) is 94.9 Å². The van der Waals surface area contributed by atoms with Crippen molar-refractivity contribution in [1.82, 2.24) is 14.5 Å². The first-order chi connectivity index (χ1) is 39.1. The SMILES string of the molecule is N#Cc1cc(C#N)c(-c2ccc3c(c2)c2cc(-c4c(C#N)cc(C#N)cc4C#N)ccc2n3-c2c(-c3ccccc3C(F)(F)F)cc(-c3nc(-c4ccccc4)cc(-c4ccccc4)n3)cc2-c2ccccc2C(F)(F)F)c(C#N)c1. The highest BCUT2D eigenvalue weighted by atomic mass is 19.4. The number of alkyl halides is 6. The highest BCUT2D eigenvalue weighted by Gasteiger charge is 2.38. The minimum absolute atomic E-state index is 0.0252. The molecule has 0 unspecified atom stereocenters. The van der Waals surface area contributed by atoms with Crippen molar-refractivity contribution in [2.24, 2.45) is 0 Å². The van der Waals surface area contributed by atoms with Gasteiger partial charge in [-0.1, -0.05) is 109 Å². The van der Waals surface area contributed by atoms with Gasteiger partial charge in [-0.25, -0.2) is 9.97 Å². The largest absolute Gasteiger partial charge is 0.417 e. The topological polar surface area (TPSA) is 173 Å². The summed E-state index contributed by atoms with van der Waals surface area (Å²) in [4.78, 5) is 9.94. The fourth-order valence-corrected chi connectivity index (χ4v) is 10.4. The van der Waals surface area contributed by atoms with Crippen molar-refractivity contribution < 1.29 is 26.3 Å². The smallest absolute Gasteiger partial charge is 0.308 e. The number of halogens is 6. The third kappa shape index (κ3) is 9.26. The Kier molecular flexibility index (Phi) is 13.0. The number of nitrogens with zero attached hydrogens (tertiary/aromatic N) is 9. The minimum atomic E-state index is -5.02. The van der Waals surface area contributed by atoms with Gasteiger partial charge in [-0.05, 0) is 101 Å². The first-order valence-corrected chi connectivity index (χ1v) is 24.5. The van der Waals surface area contributed by atoms with E-state index < -0.39 is 34.6 Å². The van der Waals surface area contributed by atoms with E-state index in [4.69, 9.17) is 9.97 Å². The average molecular weight is 1060 g/mol. The van der Waals surface area contributed by atoms with Crippen molar-refractivity contribution in [3.63, 3.8) is 0 Å². The summed E-state index contributed by atoms with van der Waals surface area (Å²) in [6, 6.07) is 59.1. The molecule has 81 heavy (non-hydrogen) atoms. The van der Waals surface area contributed by atoms with Crippen molar-refractivity contribution in [2.75, 3.05) is 0 Å². The minimum Gasteiger partial charge on any atom is -0.308 e. The maximum absolute atomic E-state index is 15.7. The Morgan fingerprint density at radius 3 is 1.07 bits per heavy atom. The predicted octanol–water partition coefficient (Wildman–Crippen LogP) is 16.5. The average Bonchev–Trinajstić information content (AvgIpc) is 4.11. The molecule has 0 aliphatic heterocycles. The number of hydrogen-bond acceptors (Lipinski definition) is 8. The van der Waals surface area contributed by atoms with Crippen LogP contribution in [0.1, 0.15) is 44.5 Å². The third-order valence-electron chi connectivity index (χ3n) is 13.9. The van der Waals surface area contributed by atoms with Gasteiger partial charge in [0.2, 0.25) is 0 Å². The molecular weight excluding hydrogens is 1030 g/mol. The Bertz CT molecular complexity index is 4330. The van der Waals surface area contributed by atoms with Crippen LogP contribution in [-0.4, -0.2) is 14.5 Å². The number of nitriles is 6. The normalized spacial score (nSPS) is 11.3. The van der Waals surface area contributed by atoms with Crippen molar-refractivity contribution in [2.45, 2.75) is 12.4 Å². The van der Waals surface area contributed by atoms with E-state index in [1.807, 2.05) is 48.5 Å². The van der Waals surface area contributed by atoms with Gasteiger partial charge in [0, 0.05) is 49.7 Å². The molecule has 0 saturated carbocycles. The molecule has 11 rings (SSSR count). The number of aromatic nitrogens is 3. The first-order valence-electron chi connectivity index (χ1n) is 24.5. The highest BCUT2D eigenvalue weighted by molar-refractivity contribution is 6.13. The molecule has 0 bridgehead atoms. The molecule has 0 amide bonds. The summed E-state index contributed by atoms with van der Waals surface area (Å²) < 4.78 is 95.8. The standard InChI is InChI=1S/C66H31F6N9/c67-65(68,69)55-17-9-7-15-49(55)53-29-44(64-79-57(40-11-3-1-4-12-40)31-58(80-64)41-13-5-2-6-14-41)30-54(50-16-8-10-18-56(50)66(70,71)72)63(53)81-59-21-19-42(61-45(34-75)23-38(32-73)24-46(61)35-76)27-51(59)52-28-43(20-22-60(52)81)62-47(36-77)25-39(33-74)26-48(62)37-78/h1-31H. The summed E-state index contributed by atoms with van der Waals surface area (Å²) >= 11 is 0. The van der Waals surface area contributed by atoms with Crippen LogP contribution in [0.25, 0.3) is 106 Å². The number of rotatable bonds is 8. The molecule has 15 heteroatoms. The highest BCUT2D eigenvalue weighted by Crippen LogP contribution is 2.50. The summed E-state index contributed by atoms with van der Waals surface area (Å²) in [7, 11) is 0. The second kappa shape index (κ2) is 20.4. The third-order valence-corrected chi connectivity index (χ3v) is 13.9. The molecule has 0 spiro atoms. The molecule has 382 valence electrons. The van der Waals surface area contributed by atoms with Gasteiger partial charge in [0.25, 0.3) is 0 Å². The molecular formula is C66H31F6N9. The van der Waals surface area contributed by atoms with Gasteiger partial charge in [-0.3, -0.25) is 0 Å². The lowest BCUT2D eigenvalue weighted by atomic mass is 9.88. The Balaban J connectivity index is 1.34. The summed E-state index contributed by atoms with van der Waals surface area (Å²) in [5, 5.41) is 61.9. The molecule has 0 saturated heterocycles. The monoisotopic (exact) mass is 1060 g/mol. The van der Waals surface area contributed by atoms with Crippen LogP contribution in [-0.2, 0) is 12.4 Å². The van der Waals surface area contributed by atoms with Gasteiger partial charge in [0.15, 0.2) is 5.82 Å². The molecule has 0 aliphatic carbocycles. The van der Waals surface area contributed by atoms with Crippen LogP contribution < -0.4 is 0 Å². The van der Waals surface area contributed by atoms with Crippen LogP contribution in [0.2, 0.25) is 0 Å². The molecule has 9 nitrogen and oxygen atoms in total. The molecule has 0 fully saturated rings. The van der Waals surface area contributed by atoms with E-state index in [1.165, 1.54) is 72.8 Å². The molecule has 11 aromatic rings. The van der Waals surface area contributed by atoms with E-state index >= 15 is 26.3 Å². The Morgan fingerprint density at radius 1 is 0.346 bits per heavy atom. The lowest BCUT2D eigenvalue weighted by molar-refractivity contribution is -0.137. The fourth-order valence-electron chi connectivity index (χ4n) is 10.4. The zero-order valence-corrected chi connectivity index (χ0v) is 41.7. The molecule has 2 heterocycles. The first kappa shape index (κ1) is 51.5. The van der Waals surface area contributed by atoms with Crippen LogP contribution in [0.15, 0.2) is 188 Å². The van der Waals surface area contributed by atoms with Gasteiger partial charge in [0.05, 0.1) is 109 Å². The lowest BCUT2D eigenvalue weighted by Crippen LogP contribution is -2.11. The van der Waals surface area contributed by atoms with E-state index in [0.717, 1.165) is 12.1 Å². The number of benzene rings is 9. The zero-order valence-electron chi connectivity index (χ0n) is 41.7. The second-order valence-corrected chi connectivity index (χ2v) is 18.6. The Labute approximate surface area is 457 Å². The van der Waals surface area contributed by atoms with E-state index in [2.05, 4.69) is 24.3 Å². The summed E-state index contributed by atoms with van der Waals surface area (Å²) in [5.41, 5.74) is -0.192. The molecule has 9 aromatic carbocycles. The molecule has 0 radical (unpaired) electrons. The van der Waals surface area contributed by atoms with Crippen LogP contribution in [0, 0.1) is 68.0 Å². The number of hydrogen-bond donors (Lipinski definition) is 0. The van der Waals surface area contributed by atoms with Gasteiger partial charge in [-0.2, -0.15) is 57.9 Å². The van der Waals surface area contributed by atoms with Crippen LogP contribution in [0.5, 0.6) is 0 Å². The molecule has 0 atom stereocenters. The van der Waals surface area contributed by atoms with E-state index in [0.29, 0.717) is 33.3 Å². The van der Waals surface area contributed by atoms with E-state index in [1.54, 1.807) is 71.3 Å². The van der Waals surface area contributed by atoms with Crippen molar-refractivity contribution in [3.05, 3.63) is 233 Å². The Hall–Kier alpha value is -11.6. The summed E-state index contributed by atoms with van der Waals surface area (Å²) in [5.74, 6) is -0.0252. The van der Waals surface area contributed by atoms with Gasteiger partial charge in [0.1, 0.15) is 0 Å². The van der Waals surface area contributed by atoms with Crippen LogP contribution in [0.3, 0.4) is 0 Å². The predicted molar refractivity (Wildman–Crippen MR) is 293 cm³/mol. The van der Waals surface area contributed by atoms with Gasteiger partial charge >= 0.3 is 12.4 Å². The summed E-state index contributed by atoms with van der Waals surface area (Å²) in [6.45, 7) is 0. The summed E-state index contributed by atoms with van der Waals surface area (Å²) in [6.07, 6.45) is -10.0.